The maximum atomic E-state index is 12.9. The number of nitrogens with zero attached hydrogens (tertiary/aromatic N) is 3. The second-order valence-corrected chi connectivity index (χ2v) is 7.97. The molecule has 3 heterocycles. The third-order valence-electron chi connectivity index (χ3n) is 5.10. The fraction of sp³-hybridized carbons (Fsp3) is 0.550. The molecule has 30 heavy (non-hydrogen) atoms. The molecule has 1 aliphatic rings. The molecule has 160 valence electrons. The van der Waals surface area contributed by atoms with Crippen LogP contribution in [0.5, 0.6) is 0 Å². The Balaban J connectivity index is 1.66. The van der Waals surface area contributed by atoms with Gasteiger partial charge in [0.2, 0.25) is 11.8 Å². The fourth-order valence-electron chi connectivity index (χ4n) is 3.57. The van der Waals surface area contributed by atoms with Crippen molar-refractivity contribution < 1.29 is 14.7 Å². The number of aliphatic hydroxyl groups excluding tert-OH is 1. The van der Waals surface area contributed by atoms with E-state index >= 15 is 0 Å². The normalized spacial score (nSPS) is 19.3. The smallest absolute Gasteiger partial charge is 0.238 e. The number of aliphatic hydroxyl groups is 1. The number of aromatic nitrogens is 3. The maximum absolute atomic E-state index is 12.9. The van der Waals surface area contributed by atoms with Crippen molar-refractivity contribution in [2.24, 2.45) is 11.8 Å². The maximum Gasteiger partial charge on any atom is 0.238 e. The van der Waals surface area contributed by atoms with Gasteiger partial charge < -0.3 is 20.7 Å². The number of nitrogens with one attached hydrogen (secondary N) is 4. The van der Waals surface area contributed by atoms with E-state index in [2.05, 4.69) is 37.0 Å². The highest BCUT2D eigenvalue weighted by molar-refractivity contribution is 5.83. The number of hydrogen-bond donors (Lipinski definition) is 5. The fourth-order valence-corrected chi connectivity index (χ4v) is 3.57. The van der Waals surface area contributed by atoms with E-state index in [4.69, 9.17) is 0 Å². The predicted octanol–water partition coefficient (Wildman–Crippen LogP) is 0.488. The van der Waals surface area contributed by atoms with E-state index in [0.717, 1.165) is 0 Å². The van der Waals surface area contributed by atoms with Crippen molar-refractivity contribution in [2.45, 2.75) is 51.4 Å². The van der Waals surface area contributed by atoms with Gasteiger partial charge in [0.05, 0.1) is 29.3 Å². The predicted molar refractivity (Wildman–Crippen MR) is 109 cm³/mol. The summed E-state index contributed by atoms with van der Waals surface area (Å²) in [5, 5.41) is 28.4. The highest BCUT2D eigenvalue weighted by atomic mass is 16.3. The number of carbonyl (C=O) groups is 2. The third kappa shape index (κ3) is 5.31. The van der Waals surface area contributed by atoms with Gasteiger partial charge in [-0.15, -0.1) is 0 Å². The van der Waals surface area contributed by atoms with Crippen LogP contribution in [0.2, 0.25) is 0 Å². The summed E-state index contributed by atoms with van der Waals surface area (Å²) in [7, 11) is 0. The lowest BCUT2D eigenvalue weighted by Crippen LogP contribution is -2.49. The monoisotopic (exact) mass is 413 g/mol. The van der Waals surface area contributed by atoms with Crippen molar-refractivity contribution in [1.82, 2.24) is 30.9 Å². The van der Waals surface area contributed by atoms with E-state index in [0.29, 0.717) is 30.4 Å². The van der Waals surface area contributed by atoms with E-state index in [1.807, 2.05) is 13.8 Å². The number of fused-ring (bicyclic) bond motifs is 1. The minimum atomic E-state index is -1.20. The molecule has 0 aliphatic carbocycles. The Bertz CT molecular complexity index is 903. The van der Waals surface area contributed by atoms with Crippen LogP contribution in [0.3, 0.4) is 0 Å². The number of amides is 2. The molecule has 0 radical (unpaired) electrons. The molecule has 2 aromatic heterocycles. The van der Waals surface area contributed by atoms with Gasteiger partial charge in [-0.3, -0.25) is 19.9 Å². The Kier molecular flexibility index (Phi) is 6.97. The number of H-pyrrole nitrogens is 1. The number of aromatic amines is 1. The van der Waals surface area contributed by atoms with Gasteiger partial charge in [-0.2, -0.15) is 5.26 Å². The summed E-state index contributed by atoms with van der Waals surface area (Å²) in [6, 6.07) is 2.27. The van der Waals surface area contributed by atoms with Crippen LogP contribution in [0.25, 0.3) is 11.0 Å². The summed E-state index contributed by atoms with van der Waals surface area (Å²) < 4.78 is 0. The van der Waals surface area contributed by atoms with Gasteiger partial charge >= 0.3 is 0 Å². The highest BCUT2D eigenvalue weighted by Gasteiger charge is 2.30. The number of imidazole rings is 1. The molecular weight excluding hydrogens is 386 g/mol. The second kappa shape index (κ2) is 9.65. The largest absolute Gasteiger partial charge is 0.371 e. The van der Waals surface area contributed by atoms with Crippen LogP contribution in [0, 0.1) is 23.2 Å². The van der Waals surface area contributed by atoms with Gasteiger partial charge in [0.15, 0.2) is 12.1 Å². The van der Waals surface area contributed by atoms with Gasteiger partial charge in [0, 0.05) is 18.7 Å². The summed E-state index contributed by atoms with van der Waals surface area (Å²) in [5.41, 5.74) is 1.34. The molecule has 1 fully saturated rings. The summed E-state index contributed by atoms with van der Waals surface area (Å²) >= 11 is 0. The number of nitriles is 1. The van der Waals surface area contributed by atoms with Crippen molar-refractivity contribution in [3.63, 3.8) is 0 Å². The molecule has 3 rings (SSSR count). The first kappa shape index (κ1) is 21.7. The number of carbonyl (C=O) groups excluding carboxylic acids is 2. The van der Waals surface area contributed by atoms with Crippen LogP contribution in [0.1, 0.15) is 45.2 Å². The molecule has 1 aliphatic heterocycles. The van der Waals surface area contributed by atoms with Gasteiger partial charge in [-0.1, -0.05) is 13.8 Å². The molecule has 5 N–H and O–H groups in total. The van der Waals surface area contributed by atoms with Crippen LogP contribution in [-0.2, 0) is 9.59 Å². The van der Waals surface area contributed by atoms with E-state index in [-0.39, 0.29) is 30.0 Å². The van der Waals surface area contributed by atoms with Crippen molar-refractivity contribution in [2.75, 3.05) is 6.54 Å². The van der Waals surface area contributed by atoms with Crippen molar-refractivity contribution in [3.05, 3.63) is 24.3 Å². The Labute approximate surface area is 174 Å². The zero-order chi connectivity index (χ0) is 21.7. The Morgan fingerprint density at radius 2 is 2.27 bits per heavy atom. The quantitative estimate of drug-likeness (QED) is 0.375. The van der Waals surface area contributed by atoms with Crippen LogP contribution in [-0.4, -0.2) is 50.5 Å². The zero-order valence-corrected chi connectivity index (χ0v) is 17.1. The molecule has 10 heteroatoms. The molecule has 0 saturated carbocycles. The van der Waals surface area contributed by atoms with Gasteiger partial charge in [-0.05, 0) is 31.2 Å². The topological polar surface area (TPSA) is 156 Å². The lowest BCUT2D eigenvalue weighted by molar-refractivity contribution is -0.126. The molecule has 2 aromatic rings. The Morgan fingerprint density at radius 1 is 1.47 bits per heavy atom. The molecule has 4 atom stereocenters. The lowest BCUT2D eigenvalue weighted by atomic mass is 9.98. The van der Waals surface area contributed by atoms with Crippen LogP contribution in [0.15, 0.2) is 18.5 Å². The van der Waals surface area contributed by atoms with Gasteiger partial charge in [-0.25, -0.2) is 4.98 Å². The third-order valence-corrected chi connectivity index (χ3v) is 5.10. The molecular formula is C20H27N7O3. The average molecular weight is 413 g/mol. The number of hydrogen-bond acceptors (Lipinski definition) is 7. The Hall–Kier alpha value is -3.03. The summed E-state index contributed by atoms with van der Waals surface area (Å²) in [6.45, 7) is 4.52. The Morgan fingerprint density at radius 3 is 2.90 bits per heavy atom. The second-order valence-electron chi connectivity index (χ2n) is 7.97. The SMILES string of the molecule is CC(C)CC(NC(O)c1nc2ccncc2[nH]1)C(=O)NC(C#N)CC1CCNC1=O. The van der Waals surface area contributed by atoms with Crippen molar-refractivity contribution in [1.29, 1.82) is 5.26 Å². The average Bonchev–Trinajstić information content (AvgIpc) is 3.32. The summed E-state index contributed by atoms with van der Waals surface area (Å²) in [6.07, 6.45) is 3.38. The summed E-state index contributed by atoms with van der Waals surface area (Å²) in [5.74, 6) is -0.316. The van der Waals surface area contributed by atoms with Crippen LogP contribution in [0.4, 0.5) is 0 Å². The minimum absolute atomic E-state index is 0.0869. The van der Waals surface area contributed by atoms with E-state index < -0.39 is 24.2 Å². The first-order chi connectivity index (χ1) is 14.4. The van der Waals surface area contributed by atoms with Crippen molar-refractivity contribution in [3.8, 4) is 6.07 Å². The molecule has 0 bridgehead atoms. The van der Waals surface area contributed by atoms with Gasteiger partial charge in [0.1, 0.15) is 6.04 Å². The van der Waals surface area contributed by atoms with Crippen LogP contribution >= 0.6 is 0 Å². The van der Waals surface area contributed by atoms with E-state index in [9.17, 15) is 20.0 Å². The van der Waals surface area contributed by atoms with Gasteiger partial charge in [0.25, 0.3) is 0 Å². The number of pyridine rings is 1. The van der Waals surface area contributed by atoms with Crippen LogP contribution < -0.4 is 16.0 Å². The van der Waals surface area contributed by atoms with E-state index in [1.54, 1.807) is 18.5 Å². The zero-order valence-electron chi connectivity index (χ0n) is 17.1. The molecule has 4 unspecified atom stereocenters. The summed E-state index contributed by atoms with van der Waals surface area (Å²) in [4.78, 5) is 36.0. The first-order valence-electron chi connectivity index (χ1n) is 10.1. The molecule has 10 nitrogen and oxygen atoms in total. The molecule has 2 amide bonds. The standard InChI is InChI=1S/C20H27N7O3/c1-11(2)7-15(19(29)24-13(9-21)8-12-3-6-23-18(12)28)27-20(30)17-25-14-4-5-22-10-16(14)26-17/h4-5,10-13,15,20,27,30H,3,6-8H2,1-2H3,(H,23,28)(H,24,29)(H,25,26). The first-order valence-corrected chi connectivity index (χ1v) is 10.1. The lowest BCUT2D eigenvalue weighted by Gasteiger charge is -2.24. The highest BCUT2D eigenvalue weighted by Crippen LogP contribution is 2.18. The molecule has 0 spiro atoms. The number of rotatable bonds is 9. The molecule has 1 saturated heterocycles. The minimum Gasteiger partial charge on any atom is -0.371 e. The molecule has 0 aromatic carbocycles. The van der Waals surface area contributed by atoms with Crippen molar-refractivity contribution >= 4 is 22.8 Å². The van der Waals surface area contributed by atoms with E-state index in [1.165, 1.54) is 0 Å².